The van der Waals surface area contributed by atoms with Crippen molar-refractivity contribution >= 4 is 17.5 Å². The number of rotatable bonds is 3. The maximum atomic E-state index is 12.2. The highest BCUT2D eigenvalue weighted by molar-refractivity contribution is 7.99. The summed E-state index contributed by atoms with van der Waals surface area (Å²) < 4.78 is 0. The molecule has 0 bridgehead atoms. The average Bonchev–Trinajstić information content (AvgIpc) is 2.55. The fraction of sp³-hybridized carbons (Fsp3) is 0.350. The molecule has 0 radical (unpaired) electrons. The smallest absolute Gasteiger partial charge is 0.135 e. The van der Waals surface area contributed by atoms with Crippen molar-refractivity contribution in [2.45, 2.75) is 43.1 Å². The predicted molar refractivity (Wildman–Crippen MR) is 94.3 cm³/mol. The second kappa shape index (κ2) is 6.70. The number of carbonyl (C=O) groups excluding carboxylic acids is 1. The lowest BCUT2D eigenvalue weighted by Crippen LogP contribution is -2.15. The first-order valence-corrected chi connectivity index (χ1v) is 8.89. The summed E-state index contributed by atoms with van der Waals surface area (Å²) in [6, 6.07) is 19.2. The van der Waals surface area contributed by atoms with Crippen LogP contribution < -0.4 is 0 Å². The minimum absolute atomic E-state index is 0.285. The molecule has 1 nitrogen and oxygen atoms in total. The van der Waals surface area contributed by atoms with Crippen LogP contribution in [-0.2, 0) is 4.79 Å². The predicted octanol–water partition coefficient (Wildman–Crippen LogP) is 5.69. The van der Waals surface area contributed by atoms with Gasteiger partial charge in [-0.15, -0.1) is 11.8 Å². The van der Waals surface area contributed by atoms with Crippen molar-refractivity contribution in [2.24, 2.45) is 0 Å². The van der Waals surface area contributed by atoms with E-state index in [1.807, 2.05) is 17.8 Å². The molecule has 1 fully saturated rings. The fourth-order valence-electron chi connectivity index (χ4n) is 2.95. The van der Waals surface area contributed by atoms with Crippen molar-refractivity contribution in [3.8, 4) is 0 Å². The molecule has 2 heteroatoms. The van der Waals surface area contributed by atoms with Crippen molar-refractivity contribution in [1.82, 2.24) is 0 Å². The van der Waals surface area contributed by atoms with E-state index in [0.717, 1.165) is 0 Å². The van der Waals surface area contributed by atoms with E-state index < -0.39 is 0 Å². The molecule has 2 aromatic rings. The minimum Gasteiger partial charge on any atom is -0.300 e. The Hall–Kier alpha value is -1.54. The summed E-state index contributed by atoms with van der Waals surface area (Å²) in [6.45, 7) is 4.42. The van der Waals surface area contributed by atoms with E-state index in [0.29, 0.717) is 24.5 Å². The van der Waals surface area contributed by atoms with Crippen molar-refractivity contribution in [1.29, 1.82) is 0 Å². The van der Waals surface area contributed by atoms with Gasteiger partial charge in [0.25, 0.3) is 0 Å². The van der Waals surface area contributed by atoms with Crippen LogP contribution in [-0.4, -0.2) is 5.78 Å². The summed E-state index contributed by atoms with van der Waals surface area (Å²) in [5.74, 6) is 0.928. The monoisotopic (exact) mass is 310 g/mol. The number of benzene rings is 2. The molecular weight excluding hydrogens is 288 g/mol. The first-order chi connectivity index (χ1) is 10.6. The van der Waals surface area contributed by atoms with Gasteiger partial charge in [-0.3, -0.25) is 4.79 Å². The van der Waals surface area contributed by atoms with Crippen molar-refractivity contribution in [3.05, 3.63) is 71.3 Å². The van der Waals surface area contributed by atoms with E-state index >= 15 is 0 Å². The molecule has 1 aliphatic rings. The zero-order valence-electron chi connectivity index (χ0n) is 13.2. The second-order valence-electron chi connectivity index (χ2n) is 6.29. The Morgan fingerprint density at radius 3 is 1.95 bits per heavy atom. The van der Waals surface area contributed by atoms with E-state index in [4.69, 9.17) is 0 Å². The van der Waals surface area contributed by atoms with Crippen molar-refractivity contribution in [3.63, 3.8) is 0 Å². The Labute approximate surface area is 137 Å². The molecule has 1 saturated heterocycles. The lowest BCUT2D eigenvalue weighted by Gasteiger charge is -2.28. The summed E-state index contributed by atoms with van der Waals surface area (Å²) >= 11 is 1.93. The van der Waals surface area contributed by atoms with Crippen LogP contribution in [0, 0.1) is 0 Å². The molecule has 0 aromatic heterocycles. The third-order valence-corrected chi connectivity index (χ3v) is 5.84. The molecule has 2 aromatic carbocycles. The Morgan fingerprint density at radius 1 is 0.864 bits per heavy atom. The van der Waals surface area contributed by atoms with Gasteiger partial charge in [-0.25, -0.2) is 0 Å². The molecule has 2 atom stereocenters. The molecular formula is C20H22OS. The van der Waals surface area contributed by atoms with Crippen LogP contribution >= 0.6 is 11.8 Å². The van der Waals surface area contributed by atoms with E-state index in [1.165, 1.54) is 16.7 Å². The largest absolute Gasteiger partial charge is 0.300 e. The first-order valence-electron chi connectivity index (χ1n) is 7.95. The molecule has 0 amide bonds. The molecule has 0 N–H and O–H groups in total. The third kappa shape index (κ3) is 3.44. The zero-order chi connectivity index (χ0) is 15.5. The van der Waals surface area contributed by atoms with Gasteiger partial charge in [0, 0.05) is 23.3 Å². The van der Waals surface area contributed by atoms with E-state index in [2.05, 4.69) is 62.4 Å². The number of Topliss-reactive ketones (excluding diaryl/α,β-unsaturated/α-hetero) is 1. The van der Waals surface area contributed by atoms with Crippen LogP contribution in [0.5, 0.6) is 0 Å². The van der Waals surface area contributed by atoms with Crippen molar-refractivity contribution < 1.29 is 4.79 Å². The van der Waals surface area contributed by atoms with Crippen LogP contribution in [0.1, 0.15) is 59.8 Å². The minimum atomic E-state index is 0.285. The number of hydrogen-bond donors (Lipinski definition) is 0. The van der Waals surface area contributed by atoms with Crippen LogP contribution in [0.15, 0.2) is 54.6 Å². The maximum Gasteiger partial charge on any atom is 0.135 e. The molecule has 0 saturated carbocycles. The fourth-order valence-corrected chi connectivity index (χ4v) is 4.54. The lowest BCUT2D eigenvalue weighted by atomic mass is 9.97. The van der Waals surface area contributed by atoms with E-state index in [1.54, 1.807) is 0 Å². The van der Waals surface area contributed by atoms with Gasteiger partial charge in [0.2, 0.25) is 0 Å². The first kappa shape index (κ1) is 15.4. The standard InChI is InChI=1S/C20H22OS/c1-14(2)15-8-10-17(11-9-15)20-13-18(21)12-19(22-20)16-6-4-3-5-7-16/h3-11,14,19-20H,12-13H2,1-2H3. The number of hydrogen-bond acceptors (Lipinski definition) is 2. The zero-order valence-corrected chi connectivity index (χ0v) is 14.0. The quantitative estimate of drug-likeness (QED) is 0.724. The van der Waals surface area contributed by atoms with Gasteiger partial charge in [-0.1, -0.05) is 68.4 Å². The van der Waals surface area contributed by atoms with Crippen LogP contribution in [0.4, 0.5) is 0 Å². The van der Waals surface area contributed by atoms with Gasteiger partial charge in [0.15, 0.2) is 0 Å². The van der Waals surface area contributed by atoms with Crippen molar-refractivity contribution in [2.75, 3.05) is 0 Å². The number of ketones is 1. The molecule has 3 rings (SSSR count). The van der Waals surface area contributed by atoms with Crippen LogP contribution in [0.3, 0.4) is 0 Å². The van der Waals surface area contributed by atoms with Gasteiger partial charge in [-0.05, 0) is 22.6 Å². The van der Waals surface area contributed by atoms with E-state index in [-0.39, 0.29) is 10.5 Å². The number of carbonyl (C=O) groups is 1. The van der Waals surface area contributed by atoms with Crippen LogP contribution in [0.25, 0.3) is 0 Å². The maximum absolute atomic E-state index is 12.2. The Balaban J connectivity index is 1.80. The summed E-state index contributed by atoms with van der Waals surface area (Å²) in [6.07, 6.45) is 1.32. The molecule has 1 heterocycles. The molecule has 1 aliphatic heterocycles. The van der Waals surface area contributed by atoms with Gasteiger partial charge in [0.1, 0.15) is 5.78 Å². The highest BCUT2D eigenvalue weighted by Gasteiger charge is 2.29. The topological polar surface area (TPSA) is 17.1 Å². The van der Waals surface area contributed by atoms with Gasteiger partial charge < -0.3 is 0 Å². The third-order valence-electron chi connectivity index (χ3n) is 4.30. The molecule has 22 heavy (non-hydrogen) atoms. The summed E-state index contributed by atoms with van der Waals surface area (Å²) in [5, 5.41) is 0.574. The summed E-state index contributed by atoms with van der Waals surface area (Å²) in [7, 11) is 0. The van der Waals surface area contributed by atoms with Crippen LogP contribution in [0.2, 0.25) is 0 Å². The van der Waals surface area contributed by atoms with Gasteiger partial charge >= 0.3 is 0 Å². The number of thioether (sulfide) groups is 1. The second-order valence-corrected chi connectivity index (χ2v) is 7.70. The van der Waals surface area contributed by atoms with Gasteiger partial charge in [0.05, 0.1) is 0 Å². The lowest BCUT2D eigenvalue weighted by molar-refractivity contribution is -0.119. The SMILES string of the molecule is CC(C)c1ccc(C2CC(=O)CC(c3ccccc3)S2)cc1. The van der Waals surface area contributed by atoms with E-state index in [9.17, 15) is 4.79 Å². The van der Waals surface area contributed by atoms with Gasteiger partial charge in [-0.2, -0.15) is 0 Å². The Bertz CT molecular complexity index is 631. The molecule has 114 valence electrons. The average molecular weight is 310 g/mol. The Kier molecular flexibility index (Phi) is 4.68. The summed E-state index contributed by atoms with van der Waals surface area (Å²) in [4.78, 5) is 12.2. The normalized spacial score (nSPS) is 22.0. The molecule has 0 aliphatic carbocycles. The molecule has 2 unspecified atom stereocenters. The summed E-state index contributed by atoms with van der Waals surface area (Å²) in [5.41, 5.74) is 3.91. The molecule has 0 spiro atoms. The highest BCUT2D eigenvalue weighted by Crippen LogP contribution is 2.48. The Morgan fingerprint density at radius 2 is 1.41 bits per heavy atom. The highest BCUT2D eigenvalue weighted by atomic mass is 32.2.